The second-order valence-corrected chi connectivity index (χ2v) is 5.83. The summed E-state index contributed by atoms with van der Waals surface area (Å²) in [7, 11) is 0. The first kappa shape index (κ1) is 15.9. The minimum absolute atomic E-state index is 0.124. The van der Waals surface area contributed by atoms with Gasteiger partial charge in [-0.3, -0.25) is 9.59 Å². The molecule has 2 heterocycles. The summed E-state index contributed by atoms with van der Waals surface area (Å²) < 4.78 is 13.4. The number of aromatic nitrogens is 3. The number of ketones is 1. The van der Waals surface area contributed by atoms with Crippen LogP contribution in [-0.4, -0.2) is 26.6 Å². The lowest BCUT2D eigenvalue weighted by molar-refractivity contribution is 0.101. The Hall–Kier alpha value is -3.00. The normalized spacial score (nSPS) is 10.4. The molecule has 6 nitrogen and oxygen atoms in total. The van der Waals surface area contributed by atoms with Crippen LogP contribution in [0.1, 0.15) is 27.0 Å². The first-order valence-corrected chi connectivity index (χ1v) is 7.71. The Morgan fingerprint density at radius 3 is 2.62 bits per heavy atom. The molecule has 0 saturated heterocycles. The molecule has 24 heavy (non-hydrogen) atoms. The van der Waals surface area contributed by atoms with Gasteiger partial charge in [0, 0.05) is 18.0 Å². The number of carbonyl (C=O) groups excluding carboxylic acids is 2. The highest BCUT2D eigenvalue weighted by atomic mass is 32.1. The number of anilines is 1. The number of hydrogen-bond donors (Lipinski definition) is 1. The van der Waals surface area contributed by atoms with E-state index >= 15 is 0 Å². The lowest BCUT2D eigenvalue weighted by Crippen LogP contribution is -2.13. The maximum atomic E-state index is 13.4. The lowest BCUT2D eigenvalue weighted by atomic mass is 10.1. The van der Waals surface area contributed by atoms with Gasteiger partial charge < -0.3 is 5.32 Å². The average molecular weight is 342 g/mol. The van der Waals surface area contributed by atoms with E-state index in [1.54, 1.807) is 18.5 Å². The molecule has 0 aliphatic carbocycles. The summed E-state index contributed by atoms with van der Waals surface area (Å²) in [5.41, 5.74) is 0.360. The third-order valence-electron chi connectivity index (χ3n) is 3.10. The minimum atomic E-state index is -0.544. The quantitative estimate of drug-likeness (QED) is 0.736. The number of rotatable bonds is 4. The van der Waals surface area contributed by atoms with Crippen LogP contribution in [0.25, 0.3) is 10.8 Å². The molecular formula is C16H11FN4O2S. The molecule has 1 amide bonds. The van der Waals surface area contributed by atoms with Gasteiger partial charge in [-0.2, -0.15) is 0 Å². The Morgan fingerprint density at radius 2 is 1.92 bits per heavy atom. The van der Waals surface area contributed by atoms with E-state index in [9.17, 15) is 14.0 Å². The molecular weight excluding hydrogens is 331 g/mol. The molecule has 0 aliphatic rings. The highest BCUT2D eigenvalue weighted by Crippen LogP contribution is 2.24. The zero-order valence-corrected chi connectivity index (χ0v) is 13.3. The maximum absolute atomic E-state index is 13.4. The van der Waals surface area contributed by atoms with Gasteiger partial charge in [-0.25, -0.2) is 19.3 Å². The summed E-state index contributed by atoms with van der Waals surface area (Å²) in [6, 6.07) is 5.29. The second kappa shape index (κ2) is 6.63. The van der Waals surface area contributed by atoms with E-state index in [0.717, 1.165) is 17.4 Å². The van der Waals surface area contributed by atoms with Crippen molar-refractivity contribution in [2.45, 2.75) is 6.92 Å². The zero-order valence-electron chi connectivity index (χ0n) is 12.5. The van der Waals surface area contributed by atoms with E-state index in [1.807, 2.05) is 0 Å². The van der Waals surface area contributed by atoms with Crippen molar-refractivity contribution in [1.82, 2.24) is 15.0 Å². The molecule has 0 radical (unpaired) electrons. The molecule has 0 unspecified atom stereocenters. The van der Waals surface area contributed by atoms with Crippen LogP contribution in [0, 0.1) is 5.82 Å². The molecule has 0 bridgehead atoms. The Kier molecular flexibility index (Phi) is 4.39. The van der Waals surface area contributed by atoms with Crippen LogP contribution in [-0.2, 0) is 0 Å². The SMILES string of the molecule is CC(=O)c1ccc(F)cc1NC(=O)c1cnc(-c2ncccn2)s1. The number of halogens is 1. The highest BCUT2D eigenvalue weighted by Gasteiger charge is 2.16. The van der Waals surface area contributed by atoms with Gasteiger partial charge in [0.25, 0.3) is 5.91 Å². The van der Waals surface area contributed by atoms with Gasteiger partial charge in [-0.15, -0.1) is 11.3 Å². The van der Waals surface area contributed by atoms with Crippen LogP contribution in [0.2, 0.25) is 0 Å². The zero-order chi connectivity index (χ0) is 17.1. The first-order valence-electron chi connectivity index (χ1n) is 6.89. The van der Waals surface area contributed by atoms with Gasteiger partial charge in [-0.1, -0.05) is 0 Å². The van der Waals surface area contributed by atoms with Crippen molar-refractivity contribution in [3.8, 4) is 10.8 Å². The van der Waals surface area contributed by atoms with Gasteiger partial charge >= 0.3 is 0 Å². The topological polar surface area (TPSA) is 84.8 Å². The van der Waals surface area contributed by atoms with Crippen molar-refractivity contribution in [3.05, 3.63) is 59.1 Å². The Balaban J connectivity index is 1.85. The number of carbonyl (C=O) groups is 2. The summed E-state index contributed by atoms with van der Waals surface area (Å²) in [5, 5.41) is 3.04. The Bertz CT molecular complexity index is 911. The average Bonchev–Trinajstić information content (AvgIpc) is 3.05. The second-order valence-electron chi connectivity index (χ2n) is 4.80. The molecule has 120 valence electrons. The molecule has 0 saturated carbocycles. The molecule has 3 aromatic rings. The summed E-state index contributed by atoms with van der Waals surface area (Å²) in [6.45, 7) is 1.35. The number of thiazole rings is 1. The lowest BCUT2D eigenvalue weighted by Gasteiger charge is -2.08. The number of nitrogens with one attached hydrogen (secondary N) is 1. The van der Waals surface area contributed by atoms with Crippen LogP contribution in [0.4, 0.5) is 10.1 Å². The van der Waals surface area contributed by atoms with E-state index in [2.05, 4.69) is 20.3 Å². The van der Waals surface area contributed by atoms with Gasteiger partial charge in [0.15, 0.2) is 16.6 Å². The first-order chi connectivity index (χ1) is 11.5. The van der Waals surface area contributed by atoms with Gasteiger partial charge in [-0.05, 0) is 31.2 Å². The fourth-order valence-electron chi connectivity index (χ4n) is 2.00. The molecule has 8 heteroatoms. The molecule has 0 aliphatic heterocycles. The van der Waals surface area contributed by atoms with Crippen molar-refractivity contribution < 1.29 is 14.0 Å². The van der Waals surface area contributed by atoms with Crippen molar-refractivity contribution in [1.29, 1.82) is 0 Å². The predicted octanol–water partition coefficient (Wildman–Crippen LogP) is 3.19. The van der Waals surface area contributed by atoms with Crippen LogP contribution in [0.15, 0.2) is 42.9 Å². The van der Waals surface area contributed by atoms with Crippen LogP contribution in [0.5, 0.6) is 0 Å². The number of benzene rings is 1. The summed E-state index contributed by atoms with van der Waals surface area (Å²) in [5.74, 6) is -0.884. The molecule has 3 rings (SSSR count). The Morgan fingerprint density at radius 1 is 1.17 bits per heavy atom. The molecule has 1 N–H and O–H groups in total. The standard InChI is InChI=1S/C16H11FN4O2S/c1-9(22)11-4-3-10(17)7-12(11)21-15(23)13-8-20-16(24-13)14-18-5-2-6-19-14/h2-8H,1H3,(H,21,23). The van der Waals surface area contributed by atoms with Gasteiger partial charge in [0.2, 0.25) is 0 Å². The molecule has 0 atom stereocenters. The summed E-state index contributed by atoms with van der Waals surface area (Å²) in [4.78, 5) is 36.5. The van der Waals surface area contributed by atoms with Crippen molar-refractivity contribution in [2.24, 2.45) is 0 Å². The van der Waals surface area contributed by atoms with Crippen molar-refractivity contribution >= 4 is 28.7 Å². The van der Waals surface area contributed by atoms with E-state index < -0.39 is 11.7 Å². The monoisotopic (exact) mass is 342 g/mol. The van der Waals surface area contributed by atoms with Gasteiger partial charge in [0.05, 0.1) is 11.9 Å². The van der Waals surface area contributed by atoms with Crippen LogP contribution < -0.4 is 5.32 Å². The molecule has 2 aromatic heterocycles. The Labute approximate surface area is 140 Å². The van der Waals surface area contributed by atoms with Crippen molar-refractivity contribution in [3.63, 3.8) is 0 Å². The third kappa shape index (κ3) is 3.33. The number of hydrogen-bond acceptors (Lipinski definition) is 6. The van der Waals surface area contributed by atoms with E-state index in [4.69, 9.17) is 0 Å². The largest absolute Gasteiger partial charge is 0.320 e. The summed E-state index contributed by atoms with van der Waals surface area (Å²) in [6.07, 6.45) is 4.54. The van der Waals surface area contributed by atoms with E-state index in [0.29, 0.717) is 15.7 Å². The fourth-order valence-corrected chi connectivity index (χ4v) is 2.76. The maximum Gasteiger partial charge on any atom is 0.267 e. The van der Waals surface area contributed by atoms with Crippen molar-refractivity contribution in [2.75, 3.05) is 5.32 Å². The van der Waals surface area contributed by atoms with Gasteiger partial charge in [0.1, 0.15) is 10.7 Å². The van der Waals surface area contributed by atoms with Crippen LogP contribution >= 0.6 is 11.3 Å². The number of amides is 1. The number of Topliss-reactive ketones (excluding diaryl/α,β-unsaturated/α-hetero) is 1. The van der Waals surface area contributed by atoms with E-state index in [-0.39, 0.29) is 17.0 Å². The highest BCUT2D eigenvalue weighted by molar-refractivity contribution is 7.16. The molecule has 0 spiro atoms. The molecule has 1 aromatic carbocycles. The third-order valence-corrected chi connectivity index (χ3v) is 4.09. The fraction of sp³-hybridized carbons (Fsp3) is 0.0625. The number of nitrogens with zero attached hydrogens (tertiary/aromatic N) is 3. The van der Waals surface area contributed by atoms with Crippen LogP contribution in [0.3, 0.4) is 0 Å². The predicted molar refractivity (Wildman–Crippen MR) is 87.5 cm³/mol. The molecule has 0 fully saturated rings. The summed E-state index contributed by atoms with van der Waals surface area (Å²) >= 11 is 1.10. The smallest absolute Gasteiger partial charge is 0.267 e. The minimum Gasteiger partial charge on any atom is -0.320 e. The van der Waals surface area contributed by atoms with E-state index in [1.165, 1.54) is 25.3 Å².